The first-order chi connectivity index (χ1) is 8.24. The van der Waals surface area contributed by atoms with Crippen LogP contribution in [0.25, 0.3) is 0 Å². The van der Waals surface area contributed by atoms with Crippen molar-refractivity contribution < 1.29 is 8.42 Å². The van der Waals surface area contributed by atoms with E-state index in [-0.39, 0.29) is 11.2 Å². The van der Waals surface area contributed by atoms with Crippen LogP contribution in [-0.4, -0.2) is 26.2 Å². The Morgan fingerprint density at radius 3 is 2.39 bits per heavy atom. The summed E-state index contributed by atoms with van der Waals surface area (Å²) in [6.45, 7) is 8.00. The normalized spacial score (nSPS) is 12.5. The molecule has 0 N–H and O–H groups in total. The molecule has 0 unspecified atom stereocenters. The van der Waals surface area contributed by atoms with E-state index in [1.165, 1.54) is 4.31 Å². The lowest BCUT2D eigenvalue weighted by Crippen LogP contribution is -2.28. The van der Waals surface area contributed by atoms with E-state index in [4.69, 9.17) is 0 Å². The quantitative estimate of drug-likeness (QED) is 0.826. The van der Waals surface area contributed by atoms with Crippen LogP contribution in [0.15, 0.2) is 18.5 Å². The molecule has 5 heteroatoms. The Hall–Kier alpha value is -1.10. The van der Waals surface area contributed by atoms with Crippen LogP contribution in [0.4, 0.5) is 5.69 Å². The number of anilines is 1. The van der Waals surface area contributed by atoms with Crippen LogP contribution in [0, 0.1) is 0 Å². The Bertz CT molecular complexity index is 509. The molecule has 0 aliphatic carbocycles. The molecule has 0 aromatic carbocycles. The lowest BCUT2D eigenvalue weighted by Gasteiger charge is -2.25. The highest BCUT2D eigenvalue weighted by Gasteiger charge is 2.21. The largest absolute Gasteiger partial charge is 0.272 e. The molecule has 0 saturated carbocycles. The summed E-state index contributed by atoms with van der Waals surface area (Å²) in [5.41, 5.74) is 1.68. The molecule has 0 radical (unpaired) electrons. The second-order valence-electron chi connectivity index (χ2n) is 5.04. The summed E-state index contributed by atoms with van der Waals surface area (Å²) in [5.74, 6) is 0.0882. The zero-order valence-corrected chi connectivity index (χ0v) is 12.6. The van der Waals surface area contributed by atoms with Crippen LogP contribution in [0.2, 0.25) is 0 Å². The van der Waals surface area contributed by atoms with E-state index in [0.717, 1.165) is 12.0 Å². The number of sulfonamides is 1. The highest BCUT2D eigenvalue weighted by molar-refractivity contribution is 7.92. The highest BCUT2D eigenvalue weighted by Crippen LogP contribution is 2.29. The van der Waals surface area contributed by atoms with Gasteiger partial charge in [0.25, 0.3) is 0 Å². The van der Waals surface area contributed by atoms with Gasteiger partial charge in [0.2, 0.25) is 10.0 Å². The molecule has 1 aromatic rings. The van der Waals surface area contributed by atoms with Gasteiger partial charge >= 0.3 is 0 Å². The highest BCUT2D eigenvalue weighted by atomic mass is 32.2. The predicted octanol–water partition coefficient (Wildman–Crippen LogP) is 2.56. The summed E-state index contributed by atoms with van der Waals surface area (Å²) in [5, 5.41) is 0. The maximum absolute atomic E-state index is 11.8. The summed E-state index contributed by atoms with van der Waals surface area (Å²) >= 11 is 0. The van der Waals surface area contributed by atoms with E-state index < -0.39 is 10.0 Å². The lowest BCUT2D eigenvalue weighted by molar-refractivity contribution is 0.504. The molecule has 0 saturated heterocycles. The van der Waals surface area contributed by atoms with Gasteiger partial charge < -0.3 is 0 Å². The lowest BCUT2D eigenvalue weighted by atomic mass is 9.83. The average Bonchev–Trinajstić information content (AvgIpc) is 2.38. The summed E-state index contributed by atoms with van der Waals surface area (Å²) in [6.07, 6.45) is 4.37. The molecule has 0 atom stereocenters. The third-order valence-electron chi connectivity index (χ3n) is 3.53. The van der Waals surface area contributed by atoms with Crippen molar-refractivity contribution in [1.82, 2.24) is 4.98 Å². The van der Waals surface area contributed by atoms with E-state index in [1.54, 1.807) is 26.4 Å². The number of pyridine rings is 1. The zero-order chi connectivity index (χ0) is 14.0. The van der Waals surface area contributed by atoms with Gasteiger partial charge in [0.1, 0.15) is 0 Å². The van der Waals surface area contributed by atoms with Crippen molar-refractivity contribution in [3.8, 4) is 0 Å². The molecular weight excluding hydrogens is 248 g/mol. The molecule has 102 valence electrons. The molecular formula is C13H22N2O2S. The van der Waals surface area contributed by atoms with E-state index >= 15 is 0 Å². The number of hydrogen-bond acceptors (Lipinski definition) is 3. The number of rotatable bonds is 5. The van der Waals surface area contributed by atoms with E-state index in [9.17, 15) is 8.42 Å². The molecule has 0 aliphatic rings. The van der Waals surface area contributed by atoms with E-state index in [0.29, 0.717) is 5.69 Å². The van der Waals surface area contributed by atoms with Gasteiger partial charge in [0.05, 0.1) is 17.6 Å². The Labute approximate surface area is 110 Å². The van der Waals surface area contributed by atoms with Crippen molar-refractivity contribution in [2.45, 2.75) is 39.5 Å². The number of aromatic nitrogens is 1. The Morgan fingerprint density at radius 2 is 1.89 bits per heavy atom. The number of nitrogens with zero attached hydrogens (tertiary/aromatic N) is 2. The minimum absolute atomic E-state index is 0.000172. The van der Waals surface area contributed by atoms with Crippen LogP contribution >= 0.6 is 0 Å². The fourth-order valence-electron chi connectivity index (χ4n) is 1.53. The van der Waals surface area contributed by atoms with Crippen LogP contribution < -0.4 is 4.31 Å². The van der Waals surface area contributed by atoms with Crippen molar-refractivity contribution in [2.75, 3.05) is 17.1 Å². The smallest absolute Gasteiger partial charge is 0.234 e. The Morgan fingerprint density at radius 1 is 1.28 bits per heavy atom. The van der Waals surface area contributed by atoms with Gasteiger partial charge in [0, 0.05) is 13.2 Å². The van der Waals surface area contributed by atoms with Gasteiger partial charge in [-0.3, -0.25) is 9.29 Å². The molecule has 18 heavy (non-hydrogen) atoms. The molecule has 1 heterocycles. The summed E-state index contributed by atoms with van der Waals surface area (Å²) in [6, 6.07) is 1.91. The van der Waals surface area contributed by atoms with Crippen molar-refractivity contribution in [3.05, 3.63) is 24.0 Å². The topological polar surface area (TPSA) is 50.3 Å². The molecule has 0 amide bonds. The molecule has 0 aliphatic heterocycles. The molecule has 1 rings (SSSR count). The van der Waals surface area contributed by atoms with E-state index in [2.05, 4.69) is 25.8 Å². The third-order valence-corrected chi connectivity index (χ3v) is 5.31. The first kappa shape index (κ1) is 15.0. The summed E-state index contributed by atoms with van der Waals surface area (Å²) in [7, 11) is -1.66. The minimum Gasteiger partial charge on any atom is -0.272 e. The molecule has 0 bridgehead atoms. The minimum atomic E-state index is -3.23. The SMILES string of the molecule is CCC(C)(C)c1cncc(N(C)S(=O)(=O)CC)c1. The third kappa shape index (κ3) is 3.02. The first-order valence-corrected chi connectivity index (χ1v) is 7.77. The first-order valence-electron chi connectivity index (χ1n) is 6.16. The van der Waals surface area contributed by atoms with Gasteiger partial charge in [-0.05, 0) is 30.4 Å². The van der Waals surface area contributed by atoms with Crippen LogP contribution in [0.3, 0.4) is 0 Å². The standard InChI is InChI=1S/C13H22N2O2S/c1-6-13(3,4)11-8-12(10-14-9-11)15(5)18(16,17)7-2/h8-10H,6-7H2,1-5H3. The van der Waals surface area contributed by atoms with Gasteiger partial charge in [-0.1, -0.05) is 20.8 Å². The second-order valence-corrected chi connectivity index (χ2v) is 7.33. The van der Waals surface area contributed by atoms with Crippen LogP contribution in [0.1, 0.15) is 39.7 Å². The van der Waals surface area contributed by atoms with Gasteiger partial charge in [-0.2, -0.15) is 0 Å². The van der Waals surface area contributed by atoms with Crippen molar-refractivity contribution >= 4 is 15.7 Å². The van der Waals surface area contributed by atoms with Crippen molar-refractivity contribution in [2.24, 2.45) is 0 Å². The zero-order valence-electron chi connectivity index (χ0n) is 11.8. The Kier molecular flexibility index (Phi) is 4.37. The van der Waals surface area contributed by atoms with Gasteiger partial charge in [-0.25, -0.2) is 8.42 Å². The maximum atomic E-state index is 11.8. The second kappa shape index (κ2) is 5.26. The Balaban J connectivity index is 3.18. The average molecular weight is 270 g/mol. The predicted molar refractivity (Wildman–Crippen MR) is 75.4 cm³/mol. The number of hydrogen-bond donors (Lipinski definition) is 0. The maximum Gasteiger partial charge on any atom is 0.234 e. The fourth-order valence-corrected chi connectivity index (χ4v) is 2.34. The van der Waals surface area contributed by atoms with Crippen molar-refractivity contribution in [3.63, 3.8) is 0 Å². The van der Waals surface area contributed by atoms with E-state index in [1.807, 2.05) is 6.07 Å². The van der Waals surface area contributed by atoms with Gasteiger partial charge in [-0.15, -0.1) is 0 Å². The van der Waals surface area contributed by atoms with Crippen LogP contribution in [-0.2, 0) is 15.4 Å². The molecule has 4 nitrogen and oxygen atoms in total. The molecule has 0 spiro atoms. The summed E-state index contributed by atoms with van der Waals surface area (Å²) in [4.78, 5) is 4.16. The molecule has 1 aromatic heterocycles. The monoisotopic (exact) mass is 270 g/mol. The van der Waals surface area contributed by atoms with Crippen molar-refractivity contribution in [1.29, 1.82) is 0 Å². The van der Waals surface area contributed by atoms with Crippen LogP contribution in [0.5, 0.6) is 0 Å². The summed E-state index contributed by atoms with van der Waals surface area (Å²) < 4.78 is 25.0. The fraction of sp³-hybridized carbons (Fsp3) is 0.615. The molecule has 0 fully saturated rings. The van der Waals surface area contributed by atoms with Gasteiger partial charge in [0.15, 0.2) is 0 Å².